The molecule has 1 heterocycles. The van der Waals surface area contributed by atoms with Crippen molar-refractivity contribution in [2.45, 2.75) is 22.4 Å². The SMILES string of the molecule is CSc1ccc(CN2C(=O)[C@H](NC(=O)NCCCl)CSc3ccc(C(N)=O)cc32)cc1. The molecule has 10 heteroatoms. The minimum atomic E-state index is -0.741. The Kier molecular flexibility index (Phi) is 8.11. The van der Waals surface area contributed by atoms with Crippen molar-refractivity contribution in [1.29, 1.82) is 0 Å². The van der Waals surface area contributed by atoms with Gasteiger partial charge in [0.1, 0.15) is 6.04 Å². The lowest BCUT2D eigenvalue weighted by atomic mass is 10.1. The van der Waals surface area contributed by atoms with E-state index < -0.39 is 18.0 Å². The summed E-state index contributed by atoms with van der Waals surface area (Å²) in [5, 5.41) is 5.35. The molecule has 1 aliphatic heterocycles. The molecule has 0 saturated heterocycles. The molecule has 4 amide bonds. The van der Waals surface area contributed by atoms with Gasteiger partial charge in [-0.05, 0) is 42.2 Å². The Balaban J connectivity index is 1.94. The molecule has 2 aromatic carbocycles. The van der Waals surface area contributed by atoms with E-state index in [1.807, 2.05) is 30.5 Å². The Morgan fingerprint density at radius 3 is 2.65 bits per heavy atom. The van der Waals surface area contributed by atoms with Crippen LogP contribution in [0.3, 0.4) is 0 Å². The number of urea groups is 1. The molecule has 164 valence electrons. The van der Waals surface area contributed by atoms with E-state index in [-0.39, 0.29) is 11.8 Å². The zero-order valence-corrected chi connectivity index (χ0v) is 19.3. The summed E-state index contributed by atoms with van der Waals surface area (Å²) in [5.41, 5.74) is 7.32. The van der Waals surface area contributed by atoms with Gasteiger partial charge in [0.25, 0.3) is 5.91 Å². The van der Waals surface area contributed by atoms with Crippen LogP contribution in [0.4, 0.5) is 10.5 Å². The monoisotopic (exact) mass is 478 g/mol. The Bertz CT molecular complexity index is 972. The number of primary amides is 1. The van der Waals surface area contributed by atoms with E-state index in [0.717, 1.165) is 15.4 Å². The van der Waals surface area contributed by atoms with Gasteiger partial charge in [0, 0.05) is 33.5 Å². The van der Waals surface area contributed by atoms with Crippen molar-refractivity contribution in [2.75, 3.05) is 29.3 Å². The molecule has 0 spiro atoms. The first-order valence-electron chi connectivity index (χ1n) is 9.54. The van der Waals surface area contributed by atoms with E-state index in [0.29, 0.717) is 30.1 Å². The molecule has 2 aromatic rings. The molecule has 3 rings (SSSR count). The van der Waals surface area contributed by atoms with Crippen LogP contribution >= 0.6 is 35.1 Å². The maximum atomic E-state index is 13.4. The maximum absolute atomic E-state index is 13.4. The van der Waals surface area contributed by atoms with Crippen molar-refractivity contribution in [3.05, 3.63) is 53.6 Å². The number of hydrogen-bond acceptors (Lipinski definition) is 5. The number of carbonyl (C=O) groups excluding carboxylic acids is 3. The molecule has 0 aliphatic carbocycles. The second kappa shape index (κ2) is 10.8. The van der Waals surface area contributed by atoms with Gasteiger partial charge in [-0.3, -0.25) is 9.59 Å². The smallest absolute Gasteiger partial charge is 0.315 e. The van der Waals surface area contributed by atoms with Crippen LogP contribution in [-0.4, -0.2) is 48.3 Å². The zero-order chi connectivity index (χ0) is 22.4. The predicted molar refractivity (Wildman–Crippen MR) is 126 cm³/mol. The predicted octanol–water partition coefficient (Wildman–Crippen LogP) is 3.05. The first-order valence-corrected chi connectivity index (χ1v) is 12.3. The summed E-state index contributed by atoms with van der Waals surface area (Å²) < 4.78 is 0. The van der Waals surface area contributed by atoms with Crippen LogP contribution in [-0.2, 0) is 11.3 Å². The first-order chi connectivity index (χ1) is 14.9. The van der Waals surface area contributed by atoms with Crippen LogP contribution in [0.5, 0.6) is 0 Å². The highest BCUT2D eigenvalue weighted by molar-refractivity contribution is 7.99. The number of halogens is 1. The highest BCUT2D eigenvalue weighted by Crippen LogP contribution is 2.36. The van der Waals surface area contributed by atoms with E-state index in [1.54, 1.807) is 34.9 Å². The topological polar surface area (TPSA) is 105 Å². The fraction of sp³-hybridized carbons (Fsp3) is 0.286. The Hall–Kier alpha value is -2.36. The molecule has 0 radical (unpaired) electrons. The number of carbonyl (C=O) groups is 3. The zero-order valence-electron chi connectivity index (χ0n) is 16.9. The third-order valence-corrected chi connectivity index (χ3v) is 6.78. The van der Waals surface area contributed by atoms with Gasteiger partial charge in [0.05, 0.1) is 12.2 Å². The fourth-order valence-electron chi connectivity index (χ4n) is 3.10. The minimum absolute atomic E-state index is 0.261. The van der Waals surface area contributed by atoms with Crippen LogP contribution in [0, 0.1) is 0 Å². The summed E-state index contributed by atoms with van der Waals surface area (Å²) >= 11 is 8.70. The standard InChI is InChI=1S/C21H23ClN4O3S2/c1-30-15-5-2-13(3-6-15)11-26-17-10-14(19(23)27)4-7-18(17)31-12-16(20(26)28)25-21(29)24-9-8-22/h2-7,10,16H,8-9,11-12H2,1H3,(H2,23,27)(H2,24,25,29)/t16-/m1/s1. The van der Waals surface area contributed by atoms with Crippen molar-refractivity contribution in [3.8, 4) is 0 Å². The first kappa shape index (κ1) is 23.3. The number of nitrogens with zero attached hydrogens (tertiary/aromatic N) is 1. The highest BCUT2D eigenvalue weighted by atomic mass is 35.5. The summed E-state index contributed by atoms with van der Waals surface area (Å²) in [6, 6.07) is 11.8. The van der Waals surface area contributed by atoms with Crippen LogP contribution in [0.15, 0.2) is 52.3 Å². The summed E-state index contributed by atoms with van der Waals surface area (Å²) in [6.07, 6.45) is 2.00. The van der Waals surface area contributed by atoms with Gasteiger partial charge < -0.3 is 21.3 Å². The molecular formula is C21H23ClN4O3S2. The summed E-state index contributed by atoms with van der Waals surface area (Å²) in [4.78, 5) is 40.9. The van der Waals surface area contributed by atoms with E-state index >= 15 is 0 Å². The number of rotatable bonds is 7. The summed E-state index contributed by atoms with van der Waals surface area (Å²) in [5.74, 6) is -0.190. The van der Waals surface area contributed by atoms with E-state index in [4.69, 9.17) is 17.3 Å². The molecule has 0 saturated carbocycles. The summed E-state index contributed by atoms with van der Waals surface area (Å²) in [6.45, 7) is 0.597. The average Bonchev–Trinajstić information content (AvgIpc) is 2.90. The lowest BCUT2D eigenvalue weighted by molar-refractivity contribution is -0.120. The molecule has 4 N–H and O–H groups in total. The van der Waals surface area contributed by atoms with E-state index in [9.17, 15) is 14.4 Å². The molecular weight excluding hydrogens is 456 g/mol. The largest absolute Gasteiger partial charge is 0.366 e. The second-order valence-electron chi connectivity index (χ2n) is 6.77. The van der Waals surface area contributed by atoms with Gasteiger partial charge in [-0.1, -0.05) is 12.1 Å². The number of hydrogen-bond donors (Lipinski definition) is 3. The maximum Gasteiger partial charge on any atom is 0.315 e. The molecule has 1 atom stereocenters. The molecule has 0 aromatic heterocycles. The summed E-state index contributed by atoms with van der Waals surface area (Å²) in [7, 11) is 0. The Labute approximate surface area is 194 Å². The van der Waals surface area contributed by atoms with Gasteiger partial charge in [-0.2, -0.15) is 0 Å². The normalized spacial score (nSPS) is 15.7. The number of nitrogens with two attached hydrogens (primary N) is 1. The number of benzene rings is 2. The molecule has 1 aliphatic rings. The second-order valence-corrected chi connectivity index (χ2v) is 9.09. The van der Waals surface area contributed by atoms with Crippen molar-refractivity contribution in [1.82, 2.24) is 10.6 Å². The molecule has 7 nitrogen and oxygen atoms in total. The van der Waals surface area contributed by atoms with Crippen molar-refractivity contribution in [2.24, 2.45) is 5.73 Å². The van der Waals surface area contributed by atoms with E-state index in [2.05, 4.69) is 10.6 Å². The van der Waals surface area contributed by atoms with Crippen LogP contribution in [0.25, 0.3) is 0 Å². The minimum Gasteiger partial charge on any atom is -0.366 e. The number of fused-ring (bicyclic) bond motifs is 1. The van der Waals surface area contributed by atoms with Gasteiger partial charge in [-0.15, -0.1) is 35.1 Å². The van der Waals surface area contributed by atoms with Crippen LogP contribution < -0.4 is 21.3 Å². The molecule has 0 bridgehead atoms. The fourth-order valence-corrected chi connectivity index (χ4v) is 4.66. The van der Waals surface area contributed by atoms with Gasteiger partial charge in [0.15, 0.2) is 0 Å². The quantitative estimate of drug-likeness (QED) is 0.419. The number of thioether (sulfide) groups is 2. The third-order valence-electron chi connectivity index (χ3n) is 4.69. The van der Waals surface area contributed by atoms with Crippen LogP contribution in [0.2, 0.25) is 0 Å². The number of alkyl halides is 1. The Morgan fingerprint density at radius 1 is 1.26 bits per heavy atom. The molecule has 0 fully saturated rings. The number of nitrogens with one attached hydrogen (secondary N) is 2. The average molecular weight is 479 g/mol. The van der Waals surface area contributed by atoms with Crippen molar-refractivity contribution in [3.63, 3.8) is 0 Å². The third kappa shape index (κ3) is 5.87. The Morgan fingerprint density at radius 2 is 2.00 bits per heavy atom. The van der Waals surface area contributed by atoms with Crippen molar-refractivity contribution >= 4 is 58.7 Å². The van der Waals surface area contributed by atoms with E-state index in [1.165, 1.54) is 11.8 Å². The molecule has 31 heavy (non-hydrogen) atoms. The lowest BCUT2D eigenvalue weighted by Crippen LogP contribution is -2.52. The number of anilines is 1. The highest BCUT2D eigenvalue weighted by Gasteiger charge is 2.32. The van der Waals surface area contributed by atoms with Gasteiger partial charge in [0.2, 0.25) is 5.91 Å². The van der Waals surface area contributed by atoms with Crippen molar-refractivity contribution < 1.29 is 14.4 Å². The lowest BCUT2D eigenvalue weighted by Gasteiger charge is -2.26. The molecule has 0 unspecified atom stereocenters. The van der Waals surface area contributed by atoms with Crippen LogP contribution in [0.1, 0.15) is 15.9 Å². The van der Waals surface area contributed by atoms with Gasteiger partial charge in [-0.25, -0.2) is 4.79 Å². The van der Waals surface area contributed by atoms with Gasteiger partial charge >= 0.3 is 6.03 Å². The number of amides is 4.